The summed E-state index contributed by atoms with van der Waals surface area (Å²) >= 11 is 0. The van der Waals surface area contributed by atoms with E-state index >= 15 is 0 Å². The average molecular weight is 342 g/mol. The first-order chi connectivity index (χ1) is 11.5. The summed E-state index contributed by atoms with van der Waals surface area (Å²) in [6.07, 6.45) is -3.14. The Morgan fingerprint density at radius 3 is 2.58 bits per heavy atom. The van der Waals surface area contributed by atoms with Crippen LogP contribution in [-0.2, 0) is 15.9 Å². The van der Waals surface area contributed by atoms with E-state index in [1.807, 2.05) is 0 Å². The first-order valence-electron chi connectivity index (χ1n) is 7.44. The molecule has 134 valence electrons. The monoisotopic (exact) mass is 342 g/mol. The minimum atomic E-state index is -1.48. The molecule has 0 saturated carbocycles. The van der Waals surface area contributed by atoms with Gasteiger partial charge in [-0.25, -0.2) is 0 Å². The standard InChI is InChI=1S/C16H22O8/c1-22-11-7-9(4-5-10(11)18)3-2-6-23-16-15(21)14(20)13(19)12(8-17)24-16/h2,4-7,12-21H,3,8H2,1H3. The van der Waals surface area contributed by atoms with E-state index < -0.39 is 37.3 Å². The first kappa shape index (κ1) is 18.5. The highest BCUT2D eigenvalue weighted by Gasteiger charge is 2.44. The predicted molar refractivity (Wildman–Crippen MR) is 82.4 cm³/mol. The van der Waals surface area contributed by atoms with Gasteiger partial charge in [-0.15, -0.1) is 0 Å². The van der Waals surface area contributed by atoms with Crippen molar-refractivity contribution in [2.45, 2.75) is 37.1 Å². The number of aromatic hydroxyl groups is 1. The zero-order valence-electron chi connectivity index (χ0n) is 13.1. The Hall–Kier alpha value is -1.84. The molecule has 0 aromatic heterocycles. The summed E-state index contributed by atoms with van der Waals surface area (Å²) in [5, 5.41) is 47.8. The van der Waals surface area contributed by atoms with Crippen molar-refractivity contribution in [1.29, 1.82) is 0 Å². The fraction of sp³-hybridized carbons (Fsp3) is 0.500. The van der Waals surface area contributed by atoms with Gasteiger partial charge in [-0.05, 0) is 30.2 Å². The Balaban J connectivity index is 1.91. The van der Waals surface area contributed by atoms with Gasteiger partial charge in [-0.3, -0.25) is 0 Å². The number of hydrogen-bond acceptors (Lipinski definition) is 8. The molecule has 5 N–H and O–H groups in total. The zero-order chi connectivity index (χ0) is 17.7. The lowest BCUT2D eigenvalue weighted by Crippen LogP contribution is -2.58. The molecule has 0 aliphatic carbocycles. The van der Waals surface area contributed by atoms with Crippen molar-refractivity contribution in [2.24, 2.45) is 0 Å². The molecule has 8 nitrogen and oxygen atoms in total. The van der Waals surface area contributed by atoms with E-state index in [1.54, 1.807) is 18.2 Å². The van der Waals surface area contributed by atoms with E-state index in [0.717, 1.165) is 5.56 Å². The quantitative estimate of drug-likeness (QED) is 0.428. The molecular formula is C16H22O8. The molecule has 5 atom stereocenters. The largest absolute Gasteiger partial charge is 0.504 e. The second kappa shape index (κ2) is 8.32. The summed E-state index contributed by atoms with van der Waals surface area (Å²) in [6, 6.07) is 4.91. The fourth-order valence-corrected chi connectivity index (χ4v) is 2.35. The molecule has 2 rings (SSSR count). The third-order valence-electron chi connectivity index (χ3n) is 3.76. The van der Waals surface area contributed by atoms with Gasteiger partial charge < -0.3 is 39.7 Å². The van der Waals surface area contributed by atoms with Crippen LogP contribution in [0.5, 0.6) is 11.5 Å². The minimum absolute atomic E-state index is 0.0443. The number of methoxy groups -OCH3 is 1. The second-order valence-corrected chi connectivity index (χ2v) is 5.42. The van der Waals surface area contributed by atoms with Crippen molar-refractivity contribution in [3.63, 3.8) is 0 Å². The first-order valence-corrected chi connectivity index (χ1v) is 7.44. The molecule has 0 amide bonds. The number of aliphatic hydroxyl groups excluding tert-OH is 4. The Kier molecular flexibility index (Phi) is 6.41. The summed E-state index contributed by atoms with van der Waals surface area (Å²) in [5.41, 5.74) is 0.860. The number of hydrogen-bond donors (Lipinski definition) is 5. The molecule has 1 aliphatic rings. The summed E-state index contributed by atoms with van der Waals surface area (Å²) in [7, 11) is 1.46. The van der Waals surface area contributed by atoms with Crippen LogP contribution in [0.2, 0.25) is 0 Å². The van der Waals surface area contributed by atoms with E-state index in [1.165, 1.54) is 19.4 Å². The number of benzene rings is 1. The lowest BCUT2D eigenvalue weighted by molar-refractivity contribution is -0.287. The molecule has 0 bridgehead atoms. The third kappa shape index (κ3) is 4.16. The number of allylic oxidation sites excluding steroid dienone is 1. The topological polar surface area (TPSA) is 129 Å². The van der Waals surface area contributed by atoms with Crippen molar-refractivity contribution in [2.75, 3.05) is 13.7 Å². The van der Waals surface area contributed by atoms with E-state index in [9.17, 15) is 20.4 Å². The van der Waals surface area contributed by atoms with Crippen molar-refractivity contribution < 1.29 is 39.7 Å². The summed E-state index contributed by atoms with van der Waals surface area (Å²) in [4.78, 5) is 0. The predicted octanol–water partition coefficient (Wildman–Crippen LogP) is -0.727. The number of phenols is 1. The zero-order valence-corrected chi connectivity index (χ0v) is 13.1. The number of aliphatic hydroxyl groups is 4. The van der Waals surface area contributed by atoms with E-state index in [2.05, 4.69) is 0 Å². The van der Waals surface area contributed by atoms with Crippen molar-refractivity contribution in [1.82, 2.24) is 0 Å². The molecule has 1 aromatic carbocycles. The summed E-state index contributed by atoms with van der Waals surface area (Å²) < 4.78 is 15.4. The molecular weight excluding hydrogens is 320 g/mol. The Morgan fingerprint density at radius 1 is 1.17 bits per heavy atom. The number of rotatable bonds is 6. The van der Waals surface area contributed by atoms with Gasteiger partial charge in [0.1, 0.15) is 24.4 Å². The summed E-state index contributed by atoms with van der Waals surface area (Å²) in [5.74, 6) is 0.401. The fourth-order valence-electron chi connectivity index (χ4n) is 2.35. The van der Waals surface area contributed by atoms with Crippen LogP contribution in [0.4, 0.5) is 0 Å². The molecule has 5 unspecified atom stereocenters. The highest BCUT2D eigenvalue weighted by atomic mass is 16.7. The second-order valence-electron chi connectivity index (χ2n) is 5.42. The van der Waals surface area contributed by atoms with Gasteiger partial charge in [0, 0.05) is 0 Å². The maximum absolute atomic E-state index is 9.82. The normalized spacial score (nSPS) is 30.5. The Morgan fingerprint density at radius 2 is 1.92 bits per heavy atom. The molecule has 1 heterocycles. The molecule has 0 radical (unpaired) electrons. The lowest BCUT2D eigenvalue weighted by atomic mass is 9.99. The van der Waals surface area contributed by atoms with Gasteiger partial charge in [0.25, 0.3) is 0 Å². The van der Waals surface area contributed by atoms with Crippen LogP contribution in [-0.4, -0.2) is 70.0 Å². The van der Waals surface area contributed by atoms with Crippen LogP contribution in [0.1, 0.15) is 5.56 Å². The van der Waals surface area contributed by atoms with E-state index in [0.29, 0.717) is 12.2 Å². The summed E-state index contributed by atoms with van der Waals surface area (Å²) in [6.45, 7) is -0.512. The molecule has 1 aromatic rings. The van der Waals surface area contributed by atoms with Crippen LogP contribution in [0.3, 0.4) is 0 Å². The molecule has 8 heteroatoms. The van der Waals surface area contributed by atoms with Crippen LogP contribution in [0.15, 0.2) is 30.5 Å². The smallest absolute Gasteiger partial charge is 0.228 e. The minimum Gasteiger partial charge on any atom is -0.504 e. The van der Waals surface area contributed by atoms with Gasteiger partial charge >= 0.3 is 0 Å². The molecule has 1 fully saturated rings. The SMILES string of the molecule is COc1cc(CC=COC2OC(CO)C(O)C(O)C2O)ccc1O. The highest BCUT2D eigenvalue weighted by molar-refractivity contribution is 5.42. The molecule has 1 aliphatic heterocycles. The maximum atomic E-state index is 9.82. The Labute approximate surface area is 139 Å². The molecule has 1 saturated heterocycles. The van der Waals surface area contributed by atoms with Crippen LogP contribution >= 0.6 is 0 Å². The van der Waals surface area contributed by atoms with Crippen LogP contribution in [0, 0.1) is 0 Å². The maximum Gasteiger partial charge on any atom is 0.228 e. The highest BCUT2D eigenvalue weighted by Crippen LogP contribution is 2.26. The Bertz CT molecular complexity index is 559. The van der Waals surface area contributed by atoms with Crippen molar-refractivity contribution in [3.8, 4) is 11.5 Å². The van der Waals surface area contributed by atoms with Crippen LogP contribution < -0.4 is 4.74 Å². The van der Waals surface area contributed by atoms with E-state index in [4.69, 9.17) is 19.3 Å². The number of phenolic OH excluding ortho intramolecular Hbond substituents is 1. The lowest BCUT2D eigenvalue weighted by Gasteiger charge is -2.39. The van der Waals surface area contributed by atoms with E-state index in [-0.39, 0.29) is 5.75 Å². The number of ether oxygens (including phenoxy) is 3. The van der Waals surface area contributed by atoms with Crippen molar-refractivity contribution in [3.05, 3.63) is 36.1 Å². The molecule has 24 heavy (non-hydrogen) atoms. The molecule has 0 spiro atoms. The van der Waals surface area contributed by atoms with Crippen LogP contribution in [0.25, 0.3) is 0 Å². The van der Waals surface area contributed by atoms with Gasteiger partial charge in [0.2, 0.25) is 6.29 Å². The van der Waals surface area contributed by atoms with Gasteiger partial charge in [-0.1, -0.05) is 6.07 Å². The average Bonchev–Trinajstić information content (AvgIpc) is 2.59. The van der Waals surface area contributed by atoms with Crippen molar-refractivity contribution >= 4 is 0 Å². The van der Waals surface area contributed by atoms with Gasteiger partial charge in [0.15, 0.2) is 11.5 Å². The van der Waals surface area contributed by atoms with Gasteiger partial charge in [0.05, 0.1) is 20.0 Å². The third-order valence-corrected chi connectivity index (χ3v) is 3.76. The van der Waals surface area contributed by atoms with Gasteiger partial charge in [-0.2, -0.15) is 0 Å².